The Balaban J connectivity index is 1.44. The van der Waals surface area contributed by atoms with E-state index in [1.54, 1.807) is 41.5 Å². The van der Waals surface area contributed by atoms with Crippen molar-refractivity contribution in [2.24, 2.45) is 0 Å². The highest BCUT2D eigenvalue weighted by Crippen LogP contribution is 2.08. The Morgan fingerprint density at radius 1 is 1.04 bits per heavy atom. The molecule has 3 rings (SSSR count). The predicted molar refractivity (Wildman–Crippen MR) is 97.3 cm³/mol. The number of para-hydroxylation sites is 1. The second-order valence-electron chi connectivity index (χ2n) is 5.85. The first-order chi connectivity index (χ1) is 12.2. The van der Waals surface area contributed by atoms with Gasteiger partial charge < -0.3 is 5.32 Å². The molecule has 2 aromatic heterocycles. The number of nitrogens with one attached hydrogen (secondary N) is 1. The molecular formula is C19H20N4O2. The van der Waals surface area contributed by atoms with E-state index in [-0.39, 0.29) is 11.5 Å². The number of aromatic nitrogens is 3. The second kappa shape index (κ2) is 8.19. The molecular weight excluding hydrogens is 316 g/mol. The van der Waals surface area contributed by atoms with Gasteiger partial charge in [0, 0.05) is 31.0 Å². The van der Waals surface area contributed by atoms with Crippen LogP contribution in [0.1, 0.15) is 25.7 Å². The maximum absolute atomic E-state index is 12.4. The SMILES string of the molecule is O=C(CCCCCn1cnc2ccccc2c1=O)Nc1ccncc1. The minimum Gasteiger partial charge on any atom is -0.326 e. The molecule has 128 valence electrons. The number of amides is 1. The normalized spacial score (nSPS) is 10.7. The van der Waals surface area contributed by atoms with Gasteiger partial charge in [-0.25, -0.2) is 4.98 Å². The fourth-order valence-electron chi connectivity index (χ4n) is 2.67. The molecule has 0 unspecified atom stereocenters. The molecule has 6 heteroatoms. The molecule has 0 bridgehead atoms. The molecule has 1 N–H and O–H groups in total. The first-order valence-corrected chi connectivity index (χ1v) is 8.38. The van der Waals surface area contributed by atoms with Crippen LogP contribution in [0.4, 0.5) is 5.69 Å². The number of carbonyl (C=O) groups is 1. The van der Waals surface area contributed by atoms with Gasteiger partial charge in [0.1, 0.15) is 0 Å². The Morgan fingerprint density at radius 3 is 2.68 bits per heavy atom. The van der Waals surface area contributed by atoms with Crippen molar-refractivity contribution >= 4 is 22.5 Å². The Kier molecular flexibility index (Phi) is 5.51. The number of nitrogens with zero attached hydrogens (tertiary/aromatic N) is 3. The van der Waals surface area contributed by atoms with Crippen LogP contribution in [0.5, 0.6) is 0 Å². The average molecular weight is 336 g/mol. The number of carbonyl (C=O) groups excluding carboxylic acids is 1. The number of fused-ring (bicyclic) bond motifs is 1. The van der Waals surface area contributed by atoms with E-state index in [4.69, 9.17) is 0 Å². The summed E-state index contributed by atoms with van der Waals surface area (Å²) in [7, 11) is 0. The van der Waals surface area contributed by atoms with Gasteiger partial charge in [0.05, 0.1) is 17.2 Å². The molecule has 2 heterocycles. The van der Waals surface area contributed by atoms with E-state index in [0.717, 1.165) is 30.5 Å². The Hall–Kier alpha value is -3.02. The van der Waals surface area contributed by atoms with Crippen LogP contribution in [0.3, 0.4) is 0 Å². The number of hydrogen-bond donors (Lipinski definition) is 1. The zero-order valence-electron chi connectivity index (χ0n) is 13.9. The van der Waals surface area contributed by atoms with E-state index >= 15 is 0 Å². The van der Waals surface area contributed by atoms with Crippen LogP contribution in [0.15, 0.2) is 59.9 Å². The summed E-state index contributed by atoms with van der Waals surface area (Å²) >= 11 is 0. The molecule has 0 aliphatic carbocycles. The third kappa shape index (κ3) is 4.50. The minimum atomic E-state index is -0.0129. The van der Waals surface area contributed by atoms with Crippen molar-refractivity contribution in [3.05, 3.63) is 65.5 Å². The molecule has 0 saturated heterocycles. The van der Waals surface area contributed by atoms with Gasteiger partial charge in [-0.3, -0.25) is 19.1 Å². The molecule has 0 radical (unpaired) electrons. The van der Waals surface area contributed by atoms with Gasteiger partial charge >= 0.3 is 0 Å². The van der Waals surface area contributed by atoms with Crippen LogP contribution in [0, 0.1) is 0 Å². The van der Waals surface area contributed by atoms with Crippen molar-refractivity contribution in [1.82, 2.24) is 14.5 Å². The number of anilines is 1. The van der Waals surface area contributed by atoms with Crippen molar-refractivity contribution < 1.29 is 4.79 Å². The average Bonchev–Trinajstić information content (AvgIpc) is 2.64. The smallest absolute Gasteiger partial charge is 0.261 e. The summed E-state index contributed by atoms with van der Waals surface area (Å²) < 4.78 is 1.64. The highest BCUT2D eigenvalue weighted by Gasteiger charge is 2.04. The standard InChI is InChI=1S/C19H20N4O2/c24-18(22-15-9-11-20-12-10-15)8-2-1-5-13-23-14-21-17-7-4-3-6-16(17)19(23)25/h3-4,6-7,9-12,14H,1-2,5,8,13H2,(H,20,22,24). The van der Waals surface area contributed by atoms with Crippen LogP contribution in [-0.4, -0.2) is 20.4 Å². The topological polar surface area (TPSA) is 76.9 Å². The minimum absolute atomic E-state index is 0.00395. The van der Waals surface area contributed by atoms with Gasteiger partial charge in [-0.15, -0.1) is 0 Å². The zero-order chi connectivity index (χ0) is 17.5. The van der Waals surface area contributed by atoms with Crippen LogP contribution in [0.25, 0.3) is 10.9 Å². The lowest BCUT2D eigenvalue weighted by atomic mass is 10.2. The molecule has 1 aromatic carbocycles. The lowest BCUT2D eigenvalue weighted by Crippen LogP contribution is -2.20. The second-order valence-corrected chi connectivity index (χ2v) is 5.85. The van der Waals surface area contributed by atoms with Gasteiger partial charge in [0.25, 0.3) is 5.56 Å². The maximum atomic E-state index is 12.4. The fraction of sp³-hybridized carbons (Fsp3) is 0.263. The zero-order valence-corrected chi connectivity index (χ0v) is 13.9. The van der Waals surface area contributed by atoms with Crippen LogP contribution in [0.2, 0.25) is 0 Å². The number of pyridine rings is 1. The van der Waals surface area contributed by atoms with Gasteiger partial charge in [0.2, 0.25) is 5.91 Å². The molecule has 3 aromatic rings. The summed E-state index contributed by atoms with van der Waals surface area (Å²) in [4.78, 5) is 32.4. The summed E-state index contributed by atoms with van der Waals surface area (Å²) in [5.41, 5.74) is 1.46. The quantitative estimate of drug-likeness (QED) is 0.673. The number of hydrogen-bond acceptors (Lipinski definition) is 4. The highest BCUT2D eigenvalue weighted by atomic mass is 16.1. The lowest BCUT2D eigenvalue weighted by molar-refractivity contribution is -0.116. The van der Waals surface area contributed by atoms with E-state index in [1.165, 1.54) is 0 Å². The van der Waals surface area contributed by atoms with Crippen LogP contribution < -0.4 is 10.9 Å². The van der Waals surface area contributed by atoms with Crippen molar-refractivity contribution in [3.8, 4) is 0 Å². The fourth-order valence-corrected chi connectivity index (χ4v) is 2.67. The molecule has 0 atom stereocenters. The summed E-state index contributed by atoms with van der Waals surface area (Å²) in [6.07, 6.45) is 7.85. The summed E-state index contributed by atoms with van der Waals surface area (Å²) in [6, 6.07) is 10.9. The summed E-state index contributed by atoms with van der Waals surface area (Å²) in [6.45, 7) is 0.614. The number of aryl methyl sites for hydroxylation is 1. The van der Waals surface area contributed by atoms with E-state index in [2.05, 4.69) is 15.3 Å². The Morgan fingerprint density at radius 2 is 1.84 bits per heavy atom. The molecule has 1 amide bonds. The van der Waals surface area contributed by atoms with Crippen LogP contribution >= 0.6 is 0 Å². The Labute approximate surface area is 145 Å². The Bertz CT molecular complexity index is 906. The monoisotopic (exact) mass is 336 g/mol. The molecule has 0 aliphatic heterocycles. The molecule has 0 fully saturated rings. The number of rotatable bonds is 7. The van der Waals surface area contributed by atoms with Gasteiger partial charge in [-0.2, -0.15) is 0 Å². The first kappa shape index (κ1) is 16.8. The molecule has 0 spiro atoms. The van der Waals surface area contributed by atoms with E-state index < -0.39 is 0 Å². The third-order valence-corrected chi connectivity index (χ3v) is 4.00. The van der Waals surface area contributed by atoms with Crippen molar-refractivity contribution in [1.29, 1.82) is 0 Å². The molecule has 6 nitrogen and oxygen atoms in total. The molecule has 0 saturated carbocycles. The summed E-state index contributed by atoms with van der Waals surface area (Å²) in [5.74, 6) is -0.00395. The van der Waals surface area contributed by atoms with E-state index in [0.29, 0.717) is 18.4 Å². The summed E-state index contributed by atoms with van der Waals surface area (Å²) in [5, 5.41) is 3.48. The first-order valence-electron chi connectivity index (χ1n) is 8.38. The molecule has 25 heavy (non-hydrogen) atoms. The van der Waals surface area contributed by atoms with Gasteiger partial charge in [-0.1, -0.05) is 18.6 Å². The van der Waals surface area contributed by atoms with E-state index in [1.807, 2.05) is 18.2 Å². The number of unbranched alkanes of at least 4 members (excludes halogenated alkanes) is 2. The molecule has 0 aliphatic rings. The predicted octanol–water partition coefficient (Wildman–Crippen LogP) is 2.99. The highest BCUT2D eigenvalue weighted by molar-refractivity contribution is 5.90. The van der Waals surface area contributed by atoms with Crippen LogP contribution in [-0.2, 0) is 11.3 Å². The largest absolute Gasteiger partial charge is 0.326 e. The van der Waals surface area contributed by atoms with Gasteiger partial charge in [0.15, 0.2) is 0 Å². The van der Waals surface area contributed by atoms with Gasteiger partial charge in [-0.05, 0) is 37.1 Å². The van der Waals surface area contributed by atoms with E-state index in [9.17, 15) is 9.59 Å². The van der Waals surface area contributed by atoms with Crippen molar-refractivity contribution in [3.63, 3.8) is 0 Å². The van der Waals surface area contributed by atoms with Crippen molar-refractivity contribution in [2.75, 3.05) is 5.32 Å². The van der Waals surface area contributed by atoms with Crippen molar-refractivity contribution in [2.45, 2.75) is 32.2 Å². The number of benzene rings is 1. The third-order valence-electron chi connectivity index (χ3n) is 4.00. The lowest BCUT2D eigenvalue weighted by Gasteiger charge is -2.07. The maximum Gasteiger partial charge on any atom is 0.261 e.